The number of thioether (sulfide) groups is 1. The molecule has 0 spiro atoms. The lowest BCUT2D eigenvalue weighted by atomic mass is 10.1. The fourth-order valence-electron chi connectivity index (χ4n) is 2.29. The molecule has 0 aromatic heterocycles. The Bertz CT molecular complexity index is 324. The van der Waals surface area contributed by atoms with E-state index < -0.39 is 0 Å². The van der Waals surface area contributed by atoms with Gasteiger partial charge in [0, 0.05) is 16.6 Å². The molecule has 82 valence electrons. The summed E-state index contributed by atoms with van der Waals surface area (Å²) in [5.41, 5.74) is 1.28. The van der Waals surface area contributed by atoms with Crippen LogP contribution in [0.3, 0.4) is 0 Å². The van der Waals surface area contributed by atoms with Gasteiger partial charge in [-0.05, 0) is 49.6 Å². The van der Waals surface area contributed by atoms with Crippen molar-refractivity contribution in [1.82, 2.24) is 0 Å². The lowest BCUT2D eigenvalue weighted by Gasteiger charge is -2.14. The van der Waals surface area contributed by atoms with Gasteiger partial charge in [0.1, 0.15) is 0 Å². The first-order valence-electron chi connectivity index (χ1n) is 5.68. The quantitative estimate of drug-likeness (QED) is 0.774. The molecule has 1 aliphatic carbocycles. The van der Waals surface area contributed by atoms with Crippen molar-refractivity contribution in [3.63, 3.8) is 0 Å². The van der Waals surface area contributed by atoms with Crippen LogP contribution in [0.1, 0.15) is 26.2 Å². The normalized spacial score (nSPS) is 25.5. The third kappa shape index (κ3) is 2.91. The van der Waals surface area contributed by atoms with E-state index in [0.29, 0.717) is 6.04 Å². The number of rotatable bonds is 3. The van der Waals surface area contributed by atoms with Gasteiger partial charge in [0.2, 0.25) is 0 Å². The maximum absolute atomic E-state index is 3.63. The smallest absolute Gasteiger partial charge is 0.0353 e. The number of hydrogen-bond donors (Lipinski definition) is 1. The van der Waals surface area contributed by atoms with Crippen molar-refractivity contribution in [3.8, 4) is 0 Å². The lowest BCUT2D eigenvalue weighted by Crippen LogP contribution is -2.15. The summed E-state index contributed by atoms with van der Waals surface area (Å²) in [4.78, 5) is 1.34. The Labute approximate surface area is 96.7 Å². The van der Waals surface area contributed by atoms with E-state index in [-0.39, 0.29) is 0 Å². The zero-order valence-electron chi connectivity index (χ0n) is 9.49. The monoisotopic (exact) mass is 221 g/mol. The molecule has 1 aromatic carbocycles. The van der Waals surface area contributed by atoms with Crippen LogP contribution in [0.5, 0.6) is 0 Å². The largest absolute Gasteiger partial charge is 0.382 e. The molecule has 2 unspecified atom stereocenters. The van der Waals surface area contributed by atoms with Crippen LogP contribution in [0.2, 0.25) is 0 Å². The average Bonchev–Trinajstić information content (AvgIpc) is 2.64. The Morgan fingerprint density at radius 3 is 2.87 bits per heavy atom. The van der Waals surface area contributed by atoms with Crippen molar-refractivity contribution in [3.05, 3.63) is 24.3 Å². The second-order valence-corrected chi connectivity index (χ2v) is 5.37. The van der Waals surface area contributed by atoms with Crippen LogP contribution in [-0.2, 0) is 0 Å². The molecule has 2 atom stereocenters. The van der Waals surface area contributed by atoms with Crippen LogP contribution in [0.4, 0.5) is 5.69 Å². The van der Waals surface area contributed by atoms with Gasteiger partial charge >= 0.3 is 0 Å². The molecule has 1 aliphatic rings. The Hall–Kier alpha value is -0.630. The third-order valence-corrected chi connectivity index (χ3v) is 3.86. The van der Waals surface area contributed by atoms with Crippen LogP contribution in [0.15, 0.2) is 29.2 Å². The van der Waals surface area contributed by atoms with Crippen molar-refractivity contribution in [1.29, 1.82) is 0 Å². The molecule has 2 rings (SSSR count). The first kappa shape index (κ1) is 10.9. The second kappa shape index (κ2) is 4.93. The number of hydrogen-bond acceptors (Lipinski definition) is 2. The number of benzene rings is 1. The minimum Gasteiger partial charge on any atom is -0.382 e. The SMILES string of the molecule is CSc1cccc(NC2CCC(C)C2)c1. The van der Waals surface area contributed by atoms with E-state index in [2.05, 4.69) is 42.8 Å². The van der Waals surface area contributed by atoms with Crippen LogP contribution < -0.4 is 5.32 Å². The fraction of sp³-hybridized carbons (Fsp3) is 0.538. The topological polar surface area (TPSA) is 12.0 Å². The molecule has 0 heterocycles. The molecule has 0 radical (unpaired) electrons. The molecule has 0 aliphatic heterocycles. The van der Waals surface area contributed by atoms with Gasteiger partial charge in [-0.1, -0.05) is 13.0 Å². The van der Waals surface area contributed by atoms with Crippen LogP contribution in [0, 0.1) is 5.92 Å². The minimum absolute atomic E-state index is 0.692. The average molecular weight is 221 g/mol. The first-order valence-corrected chi connectivity index (χ1v) is 6.91. The van der Waals surface area contributed by atoms with Crippen molar-refractivity contribution in [2.75, 3.05) is 11.6 Å². The minimum atomic E-state index is 0.692. The van der Waals surface area contributed by atoms with E-state index in [4.69, 9.17) is 0 Å². The zero-order chi connectivity index (χ0) is 10.7. The molecule has 0 bridgehead atoms. The number of nitrogens with one attached hydrogen (secondary N) is 1. The highest BCUT2D eigenvalue weighted by atomic mass is 32.2. The van der Waals surface area contributed by atoms with E-state index in [1.165, 1.54) is 29.8 Å². The molecule has 2 heteroatoms. The Kier molecular flexibility index (Phi) is 3.57. The Morgan fingerprint density at radius 1 is 1.33 bits per heavy atom. The summed E-state index contributed by atoms with van der Waals surface area (Å²) in [7, 11) is 0. The van der Waals surface area contributed by atoms with Gasteiger partial charge in [-0.3, -0.25) is 0 Å². The summed E-state index contributed by atoms with van der Waals surface area (Å²) in [5.74, 6) is 0.895. The highest BCUT2D eigenvalue weighted by Gasteiger charge is 2.20. The zero-order valence-corrected chi connectivity index (χ0v) is 10.3. The summed E-state index contributed by atoms with van der Waals surface area (Å²) < 4.78 is 0. The van der Waals surface area contributed by atoms with Crippen LogP contribution in [0.25, 0.3) is 0 Å². The van der Waals surface area contributed by atoms with Crippen LogP contribution >= 0.6 is 11.8 Å². The molecule has 1 aromatic rings. The summed E-state index contributed by atoms with van der Waals surface area (Å²) in [6.07, 6.45) is 6.14. The van der Waals surface area contributed by atoms with E-state index in [9.17, 15) is 0 Å². The Balaban J connectivity index is 1.98. The molecule has 1 saturated carbocycles. The van der Waals surface area contributed by atoms with Crippen LogP contribution in [-0.4, -0.2) is 12.3 Å². The molecular weight excluding hydrogens is 202 g/mol. The first-order chi connectivity index (χ1) is 7.28. The van der Waals surface area contributed by atoms with Crippen molar-refractivity contribution >= 4 is 17.4 Å². The third-order valence-electron chi connectivity index (χ3n) is 3.14. The summed E-state index contributed by atoms with van der Waals surface area (Å²) in [6, 6.07) is 9.40. The van der Waals surface area contributed by atoms with Gasteiger partial charge in [0.25, 0.3) is 0 Å². The van der Waals surface area contributed by atoms with E-state index >= 15 is 0 Å². The summed E-state index contributed by atoms with van der Waals surface area (Å²) in [5, 5.41) is 3.63. The van der Waals surface area contributed by atoms with Gasteiger partial charge < -0.3 is 5.32 Å². The van der Waals surface area contributed by atoms with Gasteiger partial charge in [0.15, 0.2) is 0 Å². The summed E-state index contributed by atoms with van der Waals surface area (Å²) >= 11 is 1.80. The molecule has 1 nitrogen and oxygen atoms in total. The maximum atomic E-state index is 3.63. The van der Waals surface area contributed by atoms with Crippen molar-refractivity contribution in [2.45, 2.75) is 37.1 Å². The fourth-order valence-corrected chi connectivity index (χ4v) is 2.75. The number of anilines is 1. The maximum Gasteiger partial charge on any atom is 0.0353 e. The highest BCUT2D eigenvalue weighted by Crippen LogP contribution is 2.28. The molecular formula is C13H19NS. The standard InChI is InChI=1S/C13H19NS/c1-10-6-7-12(8-10)14-11-4-3-5-13(9-11)15-2/h3-5,9-10,12,14H,6-8H2,1-2H3. The predicted molar refractivity (Wildman–Crippen MR) is 68.6 cm³/mol. The van der Waals surface area contributed by atoms with E-state index in [1.807, 2.05) is 0 Å². The lowest BCUT2D eigenvalue weighted by molar-refractivity contribution is 0.602. The van der Waals surface area contributed by atoms with Gasteiger partial charge in [-0.2, -0.15) is 0 Å². The Morgan fingerprint density at radius 2 is 2.20 bits per heavy atom. The summed E-state index contributed by atoms with van der Waals surface area (Å²) in [6.45, 7) is 2.35. The molecule has 0 amide bonds. The van der Waals surface area contributed by atoms with Gasteiger partial charge in [0.05, 0.1) is 0 Å². The highest BCUT2D eigenvalue weighted by molar-refractivity contribution is 7.98. The van der Waals surface area contributed by atoms with E-state index in [1.54, 1.807) is 11.8 Å². The van der Waals surface area contributed by atoms with E-state index in [0.717, 1.165) is 5.92 Å². The molecule has 15 heavy (non-hydrogen) atoms. The van der Waals surface area contributed by atoms with Crippen molar-refractivity contribution < 1.29 is 0 Å². The predicted octanol–water partition coefficient (Wildman–Crippen LogP) is 4.01. The van der Waals surface area contributed by atoms with Gasteiger partial charge in [-0.15, -0.1) is 11.8 Å². The molecule has 1 N–H and O–H groups in total. The van der Waals surface area contributed by atoms with Crippen molar-refractivity contribution in [2.24, 2.45) is 5.92 Å². The second-order valence-electron chi connectivity index (χ2n) is 4.49. The van der Waals surface area contributed by atoms with Gasteiger partial charge in [-0.25, -0.2) is 0 Å². The molecule has 0 saturated heterocycles. The molecule has 1 fully saturated rings.